The highest BCUT2D eigenvalue weighted by atomic mass is 16.3. The minimum absolute atomic E-state index is 0.245. The molecule has 0 radical (unpaired) electrons. The van der Waals surface area contributed by atoms with Crippen molar-refractivity contribution in [3.63, 3.8) is 0 Å². The monoisotopic (exact) mass is 156 g/mol. The number of aliphatic hydroxyl groups is 1. The maximum absolute atomic E-state index is 11.0. The van der Waals surface area contributed by atoms with Gasteiger partial charge < -0.3 is 5.11 Å². The van der Waals surface area contributed by atoms with Gasteiger partial charge in [-0.3, -0.25) is 4.79 Å². The molecule has 1 fully saturated rings. The zero-order valence-corrected chi connectivity index (χ0v) is 7.05. The van der Waals surface area contributed by atoms with E-state index in [0.29, 0.717) is 18.1 Å². The predicted molar refractivity (Wildman–Crippen MR) is 43.3 cm³/mol. The molecule has 1 N–H and O–H groups in total. The molecular weight excluding hydrogens is 140 g/mol. The molecule has 64 valence electrons. The Morgan fingerprint density at radius 2 is 2.45 bits per heavy atom. The van der Waals surface area contributed by atoms with Crippen LogP contribution in [0.5, 0.6) is 0 Å². The Labute approximate surface area is 67.6 Å². The van der Waals surface area contributed by atoms with Crippen molar-refractivity contribution in [1.29, 1.82) is 0 Å². The van der Waals surface area contributed by atoms with Gasteiger partial charge in [0, 0.05) is 12.8 Å². The van der Waals surface area contributed by atoms with Crippen molar-refractivity contribution in [2.75, 3.05) is 0 Å². The average molecular weight is 156 g/mol. The number of ketones is 1. The van der Waals surface area contributed by atoms with Crippen molar-refractivity contribution in [2.45, 2.75) is 45.1 Å². The summed E-state index contributed by atoms with van der Waals surface area (Å²) in [7, 11) is 0. The van der Waals surface area contributed by atoms with E-state index in [1.165, 1.54) is 0 Å². The average Bonchev–Trinajstić information content (AvgIpc) is 1.85. The number of hydrogen-bond acceptors (Lipinski definition) is 2. The molecule has 1 rings (SSSR count). The summed E-state index contributed by atoms with van der Waals surface area (Å²) in [5, 5.41) is 9.08. The molecule has 0 unspecified atom stereocenters. The van der Waals surface area contributed by atoms with Crippen LogP contribution in [0.15, 0.2) is 0 Å². The maximum atomic E-state index is 11.0. The Kier molecular flexibility index (Phi) is 3.06. The van der Waals surface area contributed by atoms with Crippen LogP contribution >= 0.6 is 0 Å². The summed E-state index contributed by atoms with van der Waals surface area (Å²) >= 11 is 0. The molecule has 0 heterocycles. The normalized spacial score (nSPS) is 28.5. The van der Waals surface area contributed by atoms with Crippen LogP contribution in [-0.2, 0) is 4.79 Å². The van der Waals surface area contributed by atoms with E-state index in [1.54, 1.807) is 6.92 Å². The quantitative estimate of drug-likeness (QED) is 0.658. The van der Waals surface area contributed by atoms with Crippen molar-refractivity contribution in [1.82, 2.24) is 0 Å². The van der Waals surface area contributed by atoms with Gasteiger partial charge in [0.05, 0.1) is 6.10 Å². The van der Waals surface area contributed by atoms with Gasteiger partial charge in [0.15, 0.2) is 0 Å². The lowest BCUT2D eigenvalue weighted by Gasteiger charge is -2.21. The Balaban J connectivity index is 2.28. The van der Waals surface area contributed by atoms with Gasteiger partial charge in [0.25, 0.3) is 0 Å². The fourth-order valence-corrected chi connectivity index (χ4v) is 1.80. The molecule has 2 atom stereocenters. The summed E-state index contributed by atoms with van der Waals surface area (Å²) in [6, 6.07) is 0. The van der Waals surface area contributed by atoms with Crippen LogP contribution in [0.4, 0.5) is 0 Å². The van der Waals surface area contributed by atoms with Crippen molar-refractivity contribution >= 4 is 5.78 Å². The molecular formula is C9H16O2. The summed E-state index contributed by atoms with van der Waals surface area (Å²) in [6.07, 6.45) is 4.16. The molecule has 1 aliphatic carbocycles. The lowest BCUT2D eigenvalue weighted by atomic mass is 9.85. The van der Waals surface area contributed by atoms with Crippen molar-refractivity contribution in [3.8, 4) is 0 Å². The van der Waals surface area contributed by atoms with E-state index in [1.807, 2.05) is 0 Å². The first-order valence-electron chi connectivity index (χ1n) is 4.38. The molecule has 0 aromatic heterocycles. The van der Waals surface area contributed by atoms with E-state index in [4.69, 9.17) is 5.11 Å². The molecule has 2 nitrogen and oxygen atoms in total. The van der Waals surface area contributed by atoms with Gasteiger partial charge in [0.2, 0.25) is 0 Å². The zero-order chi connectivity index (χ0) is 8.27. The summed E-state index contributed by atoms with van der Waals surface area (Å²) in [5.74, 6) is 0.832. The number of aliphatic hydroxyl groups excluding tert-OH is 1. The van der Waals surface area contributed by atoms with E-state index in [0.717, 1.165) is 25.7 Å². The van der Waals surface area contributed by atoms with Crippen molar-refractivity contribution < 1.29 is 9.90 Å². The van der Waals surface area contributed by atoms with Crippen molar-refractivity contribution in [2.24, 2.45) is 5.92 Å². The molecule has 11 heavy (non-hydrogen) atoms. The van der Waals surface area contributed by atoms with E-state index in [9.17, 15) is 4.79 Å². The first-order chi connectivity index (χ1) is 5.18. The number of carbonyl (C=O) groups excluding carboxylic acids is 1. The number of hydrogen-bond donors (Lipinski definition) is 1. The zero-order valence-electron chi connectivity index (χ0n) is 7.05. The number of carbonyl (C=O) groups is 1. The molecule has 0 spiro atoms. The third kappa shape index (κ3) is 3.02. The highest BCUT2D eigenvalue weighted by Gasteiger charge is 2.20. The van der Waals surface area contributed by atoms with Crippen LogP contribution in [0.2, 0.25) is 0 Å². The fraction of sp³-hybridized carbons (Fsp3) is 0.889. The van der Waals surface area contributed by atoms with Crippen LogP contribution in [0.1, 0.15) is 39.0 Å². The highest BCUT2D eigenvalue weighted by Crippen LogP contribution is 2.24. The largest absolute Gasteiger partial charge is 0.393 e. The van der Waals surface area contributed by atoms with E-state index >= 15 is 0 Å². The van der Waals surface area contributed by atoms with Crippen LogP contribution in [0.3, 0.4) is 0 Å². The standard InChI is InChI=1S/C9H16O2/c1-7(10)5-8-3-2-4-9(11)6-8/h7-8,10H,2-6H2,1H3/t7-,8+/m0/s1. The second kappa shape index (κ2) is 3.86. The lowest BCUT2D eigenvalue weighted by molar-refractivity contribution is -0.121. The van der Waals surface area contributed by atoms with Gasteiger partial charge in [-0.1, -0.05) is 0 Å². The van der Waals surface area contributed by atoms with Crippen LogP contribution in [0.25, 0.3) is 0 Å². The molecule has 2 heteroatoms. The minimum Gasteiger partial charge on any atom is -0.393 e. The first kappa shape index (κ1) is 8.72. The van der Waals surface area contributed by atoms with Gasteiger partial charge >= 0.3 is 0 Å². The minimum atomic E-state index is -0.245. The Hall–Kier alpha value is -0.370. The molecule has 0 aliphatic heterocycles. The smallest absolute Gasteiger partial charge is 0.133 e. The second-order valence-corrected chi connectivity index (χ2v) is 3.59. The van der Waals surface area contributed by atoms with Gasteiger partial charge in [0.1, 0.15) is 5.78 Å². The summed E-state index contributed by atoms with van der Waals surface area (Å²) in [4.78, 5) is 11.0. The topological polar surface area (TPSA) is 37.3 Å². The third-order valence-corrected chi connectivity index (χ3v) is 2.26. The molecule has 0 bridgehead atoms. The molecule has 1 saturated carbocycles. The SMILES string of the molecule is C[C@H](O)C[C@H]1CCCC(=O)C1. The van der Waals surface area contributed by atoms with Crippen LogP contribution < -0.4 is 0 Å². The maximum Gasteiger partial charge on any atom is 0.133 e. The van der Waals surface area contributed by atoms with Gasteiger partial charge in [-0.05, 0) is 32.1 Å². The highest BCUT2D eigenvalue weighted by molar-refractivity contribution is 5.79. The molecule has 0 saturated heterocycles. The Morgan fingerprint density at radius 1 is 1.73 bits per heavy atom. The number of Topliss-reactive ketones (excluding diaryl/α,β-unsaturated/α-hetero) is 1. The Bertz CT molecular complexity index is 140. The van der Waals surface area contributed by atoms with E-state index in [2.05, 4.69) is 0 Å². The Morgan fingerprint density at radius 3 is 3.00 bits per heavy atom. The first-order valence-corrected chi connectivity index (χ1v) is 4.38. The third-order valence-electron chi connectivity index (χ3n) is 2.26. The molecule has 0 amide bonds. The van der Waals surface area contributed by atoms with Gasteiger partial charge in [-0.2, -0.15) is 0 Å². The fourth-order valence-electron chi connectivity index (χ4n) is 1.80. The van der Waals surface area contributed by atoms with E-state index < -0.39 is 0 Å². The lowest BCUT2D eigenvalue weighted by Crippen LogP contribution is -2.18. The predicted octanol–water partition coefficient (Wildman–Crippen LogP) is 1.52. The number of rotatable bonds is 2. The second-order valence-electron chi connectivity index (χ2n) is 3.59. The summed E-state index contributed by atoms with van der Waals surface area (Å²) < 4.78 is 0. The summed E-state index contributed by atoms with van der Waals surface area (Å²) in [6.45, 7) is 1.79. The van der Waals surface area contributed by atoms with Crippen LogP contribution in [0, 0.1) is 5.92 Å². The van der Waals surface area contributed by atoms with Crippen molar-refractivity contribution in [3.05, 3.63) is 0 Å². The summed E-state index contributed by atoms with van der Waals surface area (Å²) in [5.41, 5.74) is 0. The van der Waals surface area contributed by atoms with Gasteiger partial charge in [-0.15, -0.1) is 0 Å². The molecule has 1 aliphatic rings. The molecule has 0 aromatic carbocycles. The van der Waals surface area contributed by atoms with Crippen LogP contribution in [-0.4, -0.2) is 17.0 Å². The molecule has 0 aromatic rings. The van der Waals surface area contributed by atoms with E-state index in [-0.39, 0.29) is 6.10 Å². The van der Waals surface area contributed by atoms with Gasteiger partial charge in [-0.25, -0.2) is 0 Å².